The first-order chi connectivity index (χ1) is 8.63. The highest BCUT2D eigenvalue weighted by Gasteiger charge is 2.18. The number of rotatable bonds is 4. The predicted octanol–water partition coefficient (Wildman–Crippen LogP) is 0.970. The van der Waals surface area contributed by atoms with E-state index in [1.807, 2.05) is 0 Å². The molecule has 2 rings (SSSR count). The number of hydrogen-bond acceptors (Lipinski definition) is 5. The second-order valence-corrected chi connectivity index (χ2v) is 6.23. The SMILES string of the molecule is NCCCS(=O)(=O)c1ccc2c(c1)OCCCO2. The van der Waals surface area contributed by atoms with Crippen molar-refractivity contribution in [2.75, 3.05) is 25.5 Å². The van der Waals surface area contributed by atoms with Crippen LogP contribution in [0.5, 0.6) is 11.5 Å². The molecule has 0 unspecified atom stereocenters. The Morgan fingerprint density at radius 2 is 1.89 bits per heavy atom. The molecule has 0 bridgehead atoms. The van der Waals surface area contributed by atoms with Crippen molar-refractivity contribution in [1.29, 1.82) is 0 Å². The molecule has 18 heavy (non-hydrogen) atoms. The Morgan fingerprint density at radius 3 is 2.61 bits per heavy atom. The van der Waals surface area contributed by atoms with Gasteiger partial charge in [0.15, 0.2) is 21.3 Å². The third-order valence-corrected chi connectivity index (χ3v) is 4.49. The lowest BCUT2D eigenvalue weighted by Crippen LogP contribution is -2.11. The normalized spacial score (nSPS) is 15.2. The summed E-state index contributed by atoms with van der Waals surface area (Å²) in [5.74, 6) is 1.16. The predicted molar refractivity (Wildman–Crippen MR) is 67.8 cm³/mol. The van der Waals surface area contributed by atoms with E-state index in [4.69, 9.17) is 15.2 Å². The molecule has 0 atom stereocenters. The molecule has 0 radical (unpaired) electrons. The van der Waals surface area contributed by atoms with Gasteiger partial charge in [-0.15, -0.1) is 0 Å². The highest BCUT2D eigenvalue weighted by molar-refractivity contribution is 7.91. The summed E-state index contributed by atoms with van der Waals surface area (Å²) in [6, 6.07) is 4.74. The van der Waals surface area contributed by atoms with Gasteiger partial charge in [-0.3, -0.25) is 0 Å². The molecule has 0 aromatic heterocycles. The Labute approximate surface area is 107 Å². The first kappa shape index (κ1) is 13.2. The summed E-state index contributed by atoms with van der Waals surface area (Å²) in [6.45, 7) is 1.50. The van der Waals surface area contributed by atoms with E-state index < -0.39 is 9.84 Å². The Bertz CT molecular complexity index is 513. The second-order valence-electron chi connectivity index (χ2n) is 4.12. The van der Waals surface area contributed by atoms with Crippen LogP contribution in [0.25, 0.3) is 0 Å². The molecule has 1 heterocycles. The van der Waals surface area contributed by atoms with E-state index in [0.717, 1.165) is 6.42 Å². The fourth-order valence-electron chi connectivity index (χ4n) is 1.73. The van der Waals surface area contributed by atoms with Crippen molar-refractivity contribution >= 4 is 9.84 Å². The lowest BCUT2D eigenvalue weighted by molar-refractivity contribution is 0.297. The second kappa shape index (κ2) is 5.58. The summed E-state index contributed by atoms with van der Waals surface area (Å²) in [7, 11) is -3.28. The molecule has 0 saturated carbocycles. The average Bonchev–Trinajstić information content (AvgIpc) is 2.60. The lowest BCUT2D eigenvalue weighted by atomic mass is 10.3. The number of hydrogen-bond donors (Lipinski definition) is 1. The van der Waals surface area contributed by atoms with Gasteiger partial charge >= 0.3 is 0 Å². The summed E-state index contributed by atoms with van der Waals surface area (Å²) in [4.78, 5) is 0.264. The Morgan fingerprint density at radius 1 is 1.17 bits per heavy atom. The van der Waals surface area contributed by atoms with E-state index in [9.17, 15) is 8.42 Å². The van der Waals surface area contributed by atoms with Crippen molar-refractivity contribution < 1.29 is 17.9 Å². The molecule has 2 N–H and O–H groups in total. The molecule has 0 fully saturated rings. The van der Waals surface area contributed by atoms with Crippen LogP contribution in [0.2, 0.25) is 0 Å². The van der Waals surface area contributed by atoms with Gasteiger partial charge in [-0.2, -0.15) is 0 Å². The van der Waals surface area contributed by atoms with Crippen molar-refractivity contribution in [2.24, 2.45) is 5.73 Å². The van der Waals surface area contributed by atoms with Crippen molar-refractivity contribution in [1.82, 2.24) is 0 Å². The van der Waals surface area contributed by atoms with Gasteiger partial charge in [0.05, 0.1) is 23.9 Å². The average molecular weight is 271 g/mol. The third-order valence-electron chi connectivity index (χ3n) is 2.70. The largest absolute Gasteiger partial charge is 0.490 e. The van der Waals surface area contributed by atoms with Crippen LogP contribution in [0.3, 0.4) is 0 Å². The van der Waals surface area contributed by atoms with E-state index in [1.165, 1.54) is 6.07 Å². The van der Waals surface area contributed by atoms with Crippen LogP contribution in [0.4, 0.5) is 0 Å². The zero-order valence-electron chi connectivity index (χ0n) is 10.1. The Hall–Kier alpha value is -1.27. The topological polar surface area (TPSA) is 78.6 Å². The van der Waals surface area contributed by atoms with Gasteiger partial charge in [0.1, 0.15) is 0 Å². The maximum atomic E-state index is 12.0. The smallest absolute Gasteiger partial charge is 0.178 e. The molecule has 6 heteroatoms. The summed E-state index contributed by atoms with van der Waals surface area (Å²) >= 11 is 0. The fraction of sp³-hybridized carbons (Fsp3) is 0.500. The van der Waals surface area contributed by atoms with E-state index in [2.05, 4.69) is 0 Å². The van der Waals surface area contributed by atoms with Crippen molar-refractivity contribution in [3.63, 3.8) is 0 Å². The summed E-state index contributed by atoms with van der Waals surface area (Å²) in [6.07, 6.45) is 1.25. The van der Waals surface area contributed by atoms with Crippen molar-refractivity contribution in [3.8, 4) is 11.5 Å². The minimum absolute atomic E-state index is 0.0587. The first-order valence-corrected chi connectivity index (χ1v) is 7.61. The maximum Gasteiger partial charge on any atom is 0.178 e. The van der Waals surface area contributed by atoms with Gasteiger partial charge in [-0.25, -0.2) is 8.42 Å². The third kappa shape index (κ3) is 2.94. The fourth-order valence-corrected chi connectivity index (χ4v) is 3.07. The standard InChI is InChI=1S/C12H17NO4S/c13-5-1-8-18(14,15)10-3-4-11-12(9-10)17-7-2-6-16-11/h3-4,9H,1-2,5-8,13H2. The minimum Gasteiger partial charge on any atom is -0.490 e. The first-order valence-electron chi connectivity index (χ1n) is 5.96. The van der Waals surface area contributed by atoms with Crippen molar-refractivity contribution in [2.45, 2.75) is 17.7 Å². The van der Waals surface area contributed by atoms with Gasteiger partial charge in [0.25, 0.3) is 0 Å². The molecular formula is C12H17NO4S. The van der Waals surface area contributed by atoms with Crippen LogP contribution < -0.4 is 15.2 Å². The summed E-state index contributed by atoms with van der Waals surface area (Å²) in [5.41, 5.74) is 5.34. The quantitative estimate of drug-likeness (QED) is 0.882. The molecule has 0 amide bonds. The molecule has 1 aliphatic heterocycles. The minimum atomic E-state index is -3.28. The van der Waals surface area contributed by atoms with Gasteiger partial charge in [-0.1, -0.05) is 0 Å². The Kier molecular flexibility index (Phi) is 4.08. The zero-order valence-corrected chi connectivity index (χ0v) is 10.9. The molecule has 0 saturated heterocycles. The number of nitrogens with two attached hydrogens (primary N) is 1. The van der Waals surface area contributed by atoms with Gasteiger partial charge in [0.2, 0.25) is 0 Å². The van der Waals surface area contributed by atoms with E-state index >= 15 is 0 Å². The van der Waals surface area contributed by atoms with Crippen LogP contribution in [-0.4, -0.2) is 33.9 Å². The number of ether oxygens (including phenoxy) is 2. The van der Waals surface area contributed by atoms with E-state index in [0.29, 0.717) is 37.7 Å². The molecule has 0 aliphatic carbocycles. The van der Waals surface area contributed by atoms with Crippen LogP contribution in [0.1, 0.15) is 12.8 Å². The molecule has 5 nitrogen and oxygen atoms in total. The van der Waals surface area contributed by atoms with Crippen LogP contribution >= 0.6 is 0 Å². The number of sulfone groups is 1. The van der Waals surface area contributed by atoms with Crippen LogP contribution in [0.15, 0.2) is 23.1 Å². The van der Waals surface area contributed by atoms with Gasteiger partial charge < -0.3 is 15.2 Å². The molecule has 100 valence electrons. The van der Waals surface area contributed by atoms with Crippen molar-refractivity contribution in [3.05, 3.63) is 18.2 Å². The summed E-state index contributed by atoms with van der Waals surface area (Å²) in [5, 5.41) is 0. The number of benzene rings is 1. The highest BCUT2D eigenvalue weighted by Crippen LogP contribution is 2.32. The summed E-state index contributed by atoms with van der Waals surface area (Å²) < 4.78 is 35.0. The van der Waals surface area contributed by atoms with Crippen LogP contribution in [0, 0.1) is 0 Å². The van der Waals surface area contributed by atoms with Gasteiger partial charge in [-0.05, 0) is 25.1 Å². The molecule has 1 aromatic carbocycles. The lowest BCUT2D eigenvalue weighted by Gasteiger charge is -2.09. The Balaban J connectivity index is 2.27. The molecule has 1 aliphatic rings. The zero-order chi connectivity index (χ0) is 13.0. The molecule has 1 aromatic rings. The van der Waals surface area contributed by atoms with Crippen LogP contribution in [-0.2, 0) is 9.84 Å². The monoisotopic (exact) mass is 271 g/mol. The van der Waals surface area contributed by atoms with E-state index in [-0.39, 0.29) is 10.6 Å². The molecule has 0 spiro atoms. The highest BCUT2D eigenvalue weighted by atomic mass is 32.2. The molecular weight excluding hydrogens is 254 g/mol. The van der Waals surface area contributed by atoms with Gasteiger partial charge in [0, 0.05) is 12.5 Å². The maximum absolute atomic E-state index is 12.0. The number of fused-ring (bicyclic) bond motifs is 1. The van der Waals surface area contributed by atoms with E-state index in [1.54, 1.807) is 12.1 Å².